The summed E-state index contributed by atoms with van der Waals surface area (Å²) in [5, 5.41) is 3.57. The van der Waals surface area contributed by atoms with Crippen LogP contribution in [0, 0.1) is 5.41 Å². The van der Waals surface area contributed by atoms with Gasteiger partial charge in [0.2, 0.25) is 0 Å². The summed E-state index contributed by atoms with van der Waals surface area (Å²) in [6, 6.07) is 6.63. The second kappa shape index (κ2) is 6.21. The summed E-state index contributed by atoms with van der Waals surface area (Å²) in [7, 11) is 6.44. The van der Waals surface area contributed by atoms with Gasteiger partial charge in [0.1, 0.15) is 28.5 Å². The van der Waals surface area contributed by atoms with Crippen LogP contribution in [0.4, 0.5) is 0 Å². The molecule has 0 radical (unpaired) electrons. The van der Waals surface area contributed by atoms with Gasteiger partial charge in [-0.3, -0.25) is 4.99 Å². The number of aliphatic imine (C=N–C) groups is 1. The molecule has 134 valence electrons. The minimum atomic E-state index is -0.403. The SMILES string of the molecule is BC(B)(B)O[C@H]1CC[C@]2(CC1)Cc1ccc(Br)cc1C21N=C(C)C(=S)N1. The summed E-state index contributed by atoms with van der Waals surface area (Å²) in [5.41, 5.74) is 3.33. The molecule has 1 saturated carbocycles. The summed E-state index contributed by atoms with van der Waals surface area (Å²) < 4.78 is 7.38. The van der Waals surface area contributed by atoms with Gasteiger partial charge in [0.25, 0.3) is 0 Å². The summed E-state index contributed by atoms with van der Waals surface area (Å²) in [6.45, 7) is 2.03. The van der Waals surface area contributed by atoms with E-state index in [1.165, 1.54) is 11.1 Å². The highest BCUT2D eigenvalue weighted by Gasteiger charge is 2.61. The minimum Gasteiger partial charge on any atom is -0.398 e. The molecule has 8 heteroatoms. The first-order chi connectivity index (χ1) is 12.1. The topological polar surface area (TPSA) is 33.6 Å². The number of nitrogens with zero attached hydrogens (tertiary/aromatic N) is 1. The molecule has 0 amide bonds. The zero-order valence-electron chi connectivity index (χ0n) is 16.0. The van der Waals surface area contributed by atoms with Gasteiger partial charge in [0.15, 0.2) is 5.66 Å². The molecule has 3 nitrogen and oxygen atoms in total. The van der Waals surface area contributed by atoms with Crippen molar-refractivity contribution in [2.24, 2.45) is 10.4 Å². The van der Waals surface area contributed by atoms with Crippen molar-refractivity contribution < 1.29 is 4.74 Å². The molecule has 3 aliphatic rings. The lowest BCUT2D eigenvalue weighted by molar-refractivity contribution is -0.0310. The number of fused-ring (bicyclic) bond motifs is 3. The monoisotopic (exact) mass is 428 g/mol. The molecule has 4 rings (SSSR count). The second-order valence-electron chi connectivity index (χ2n) is 9.05. The third kappa shape index (κ3) is 2.93. The zero-order chi connectivity index (χ0) is 18.7. The quantitative estimate of drug-likeness (QED) is 0.564. The number of hydrogen-bond acceptors (Lipinski definition) is 3. The van der Waals surface area contributed by atoms with Crippen molar-refractivity contribution in [3.8, 4) is 0 Å². The molecule has 0 aromatic heterocycles. The Hall–Kier alpha value is -0.585. The molecule has 0 saturated heterocycles. The fourth-order valence-electron chi connectivity index (χ4n) is 5.08. The standard InChI is InChI=1S/C18H24B3BrN2OS/c1-10-15(26)24-17(23-10)14-8-12(22)3-2-11(14)9-16(17)6-4-13(5-7-16)25-18(19,20)21/h2-3,8,13H,4-7,9,19-21H2,1H3,(H,24,26)/t13-,16-,17?. The summed E-state index contributed by atoms with van der Waals surface area (Å²) >= 11 is 9.23. The molecular weight excluding hydrogens is 405 g/mol. The van der Waals surface area contributed by atoms with Crippen molar-refractivity contribution in [1.82, 2.24) is 5.32 Å². The smallest absolute Gasteiger partial charge is 0.162 e. The third-order valence-corrected chi connectivity index (χ3v) is 7.02. The maximum Gasteiger partial charge on any atom is 0.162 e. The van der Waals surface area contributed by atoms with Crippen LogP contribution in [0.5, 0.6) is 0 Å². The number of rotatable bonds is 2. The summed E-state index contributed by atoms with van der Waals surface area (Å²) in [6.07, 6.45) is 5.77. The van der Waals surface area contributed by atoms with Crippen molar-refractivity contribution in [2.75, 3.05) is 0 Å². The summed E-state index contributed by atoms with van der Waals surface area (Å²) in [4.78, 5) is 5.96. The number of thiocarbonyl (C=S) groups is 1. The van der Waals surface area contributed by atoms with Crippen LogP contribution in [0.15, 0.2) is 27.7 Å². The molecular formula is C18H24B3BrN2OS. The molecule has 0 bridgehead atoms. The lowest BCUT2D eigenvalue weighted by Crippen LogP contribution is -2.53. The molecule has 2 spiro atoms. The van der Waals surface area contributed by atoms with Gasteiger partial charge >= 0.3 is 0 Å². The highest BCUT2D eigenvalue weighted by molar-refractivity contribution is 9.10. The van der Waals surface area contributed by atoms with E-state index in [-0.39, 0.29) is 10.7 Å². The molecule has 2 aliphatic carbocycles. The van der Waals surface area contributed by atoms with E-state index in [4.69, 9.17) is 21.9 Å². The largest absolute Gasteiger partial charge is 0.398 e. The van der Waals surface area contributed by atoms with E-state index in [9.17, 15) is 0 Å². The van der Waals surface area contributed by atoms with E-state index < -0.39 is 5.66 Å². The Bertz CT molecular complexity index is 802. The predicted octanol–water partition coefficient (Wildman–Crippen LogP) is 1.01. The van der Waals surface area contributed by atoms with Crippen LogP contribution in [-0.2, 0) is 16.8 Å². The number of halogens is 1. The molecule has 1 fully saturated rings. The first-order valence-electron chi connectivity index (χ1n) is 9.50. The van der Waals surface area contributed by atoms with Crippen molar-refractivity contribution in [1.29, 1.82) is 0 Å². The number of nitrogens with one attached hydrogen (secondary N) is 1. The Balaban J connectivity index is 1.70. The van der Waals surface area contributed by atoms with Gasteiger partial charge in [-0.15, -0.1) is 0 Å². The third-order valence-electron chi connectivity index (χ3n) is 6.13. The zero-order valence-corrected chi connectivity index (χ0v) is 18.4. The lowest BCUT2D eigenvalue weighted by atomic mass is 9.52. The number of ether oxygens (including phenoxy) is 1. The van der Waals surface area contributed by atoms with Crippen LogP contribution in [0.2, 0.25) is 0 Å². The van der Waals surface area contributed by atoms with E-state index in [1.54, 1.807) is 0 Å². The van der Waals surface area contributed by atoms with Crippen LogP contribution in [-0.4, -0.2) is 45.6 Å². The lowest BCUT2D eigenvalue weighted by Gasteiger charge is -2.47. The fourth-order valence-corrected chi connectivity index (χ4v) is 5.64. The van der Waals surface area contributed by atoms with Crippen LogP contribution in [0.1, 0.15) is 43.7 Å². The van der Waals surface area contributed by atoms with Crippen LogP contribution in [0.3, 0.4) is 0 Å². The number of hydrogen-bond donors (Lipinski definition) is 1. The Morgan fingerprint density at radius 2 is 2.00 bits per heavy atom. The van der Waals surface area contributed by atoms with Gasteiger partial charge in [0, 0.05) is 15.5 Å². The van der Waals surface area contributed by atoms with Crippen molar-refractivity contribution in [3.63, 3.8) is 0 Å². The van der Waals surface area contributed by atoms with E-state index in [0.29, 0.717) is 6.10 Å². The normalized spacial score (nSPS) is 33.4. The van der Waals surface area contributed by atoms with Crippen molar-refractivity contribution >= 4 is 62.4 Å². The molecule has 1 unspecified atom stereocenters. The summed E-state index contributed by atoms with van der Waals surface area (Å²) in [5.74, 6) is 0. The van der Waals surface area contributed by atoms with Gasteiger partial charge in [-0.25, -0.2) is 0 Å². The molecule has 1 aromatic carbocycles. The first-order valence-corrected chi connectivity index (χ1v) is 10.7. The molecule has 1 aromatic rings. The Morgan fingerprint density at radius 1 is 1.31 bits per heavy atom. The van der Waals surface area contributed by atoms with Crippen LogP contribution >= 0.6 is 28.1 Å². The fraction of sp³-hybridized carbons (Fsp3) is 0.556. The van der Waals surface area contributed by atoms with E-state index in [0.717, 1.165) is 47.3 Å². The average Bonchev–Trinajstić information content (AvgIpc) is 2.98. The molecule has 26 heavy (non-hydrogen) atoms. The van der Waals surface area contributed by atoms with Gasteiger partial charge in [-0.1, -0.05) is 34.2 Å². The second-order valence-corrected chi connectivity index (χ2v) is 10.4. The van der Waals surface area contributed by atoms with Crippen LogP contribution < -0.4 is 5.32 Å². The molecule has 1 heterocycles. The number of benzene rings is 1. The Labute approximate surface area is 172 Å². The first kappa shape index (κ1) is 18.8. The highest BCUT2D eigenvalue weighted by atomic mass is 79.9. The minimum absolute atomic E-state index is 0.0791. The Morgan fingerprint density at radius 3 is 2.58 bits per heavy atom. The maximum atomic E-state index is 6.28. The van der Waals surface area contributed by atoms with Gasteiger partial charge in [-0.05, 0) is 62.0 Å². The van der Waals surface area contributed by atoms with Gasteiger partial charge in [-0.2, -0.15) is 0 Å². The predicted molar refractivity (Wildman–Crippen MR) is 123 cm³/mol. The van der Waals surface area contributed by atoms with Crippen molar-refractivity contribution in [2.45, 2.75) is 56.1 Å². The van der Waals surface area contributed by atoms with Gasteiger partial charge in [0.05, 0.1) is 11.8 Å². The Kier molecular flexibility index (Phi) is 4.48. The maximum absolute atomic E-state index is 6.28. The van der Waals surface area contributed by atoms with Crippen molar-refractivity contribution in [3.05, 3.63) is 33.8 Å². The van der Waals surface area contributed by atoms with E-state index in [1.807, 2.05) is 6.92 Å². The highest BCUT2D eigenvalue weighted by Crippen LogP contribution is 2.60. The molecule has 1 atom stereocenters. The van der Waals surface area contributed by atoms with Gasteiger partial charge < -0.3 is 10.1 Å². The molecule has 1 aliphatic heterocycles. The molecule has 1 N–H and O–H groups in total. The van der Waals surface area contributed by atoms with E-state index in [2.05, 4.69) is 63.0 Å². The van der Waals surface area contributed by atoms with E-state index >= 15 is 0 Å². The van der Waals surface area contributed by atoms with Crippen LogP contribution in [0.25, 0.3) is 0 Å². The average molecular weight is 429 g/mol.